The molecule has 8 heteroatoms. The molecule has 1 heterocycles. The monoisotopic (exact) mass is 303 g/mol. The Kier molecular flexibility index (Phi) is 4.93. The van der Waals surface area contributed by atoms with Crippen molar-refractivity contribution in [1.82, 2.24) is 5.32 Å². The van der Waals surface area contributed by atoms with Gasteiger partial charge in [-0.15, -0.1) is 0 Å². The third-order valence-electron chi connectivity index (χ3n) is 2.51. The first kappa shape index (κ1) is 16.2. The smallest absolute Gasteiger partial charge is 0.326 e. The number of amides is 1. The molecule has 1 rings (SSSR count). The van der Waals surface area contributed by atoms with Gasteiger partial charge in [-0.1, -0.05) is 13.8 Å². The van der Waals surface area contributed by atoms with Crippen molar-refractivity contribution in [2.45, 2.75) is 25.6 Å². The van der Waals surface area contributed by atoms with Crippen LogP contribution in [-0.4, -0.2) is 37.7 Å². The predicted molar refractivity (Wildman–Crippen MR) is 71.0 cm³/mol. The molecule has 0 unspecified atom stereocenters. The van der Waals surface area contributed by atoms with Gasteiger partial charge in [0.25, 0.3) is 5.91 Å². The predicted octanol–water partition coefficient (Wildman–Crippen LogP) is 0.663. The second-order valence-corrected chi connectivity index (χ2v) is 7.01. The van der Waals surface area contributed by atoms with Crippen LogP contribution in [0.3, 0.4) is 0 Å². The van der Waals surface area contributed by atoms with Crippen molar-refractivity contribution in [2.75, 3.05) is 6.26 Å². The number of hydrogen-bond acceptors (Lipinski definition) is 5. The molecule has 1 aromatic heterocycles. The Morgan fingerprint density at radius 2 is 1.95 bits per heavy atom. The molecular weight excluding hydrogens is 286 g/mol. The molecule has 0 spiro atoms. The molecule has 0 saturated heterocycles. The lowest BCUT2D eigenvalue weighted by molar-refractivity contribution is -0.140. The van der Waals surface area contributed by atoms with Crippen molar-refractivity contribution in [3.63, 3.8) is 0 Å². The van der Waals surface area contributed by atoms with E-state index in [1.807, 2.05) is 0 Å². The molecule has 2 N–H and O–H groups in total. The van der Waals surface area contributed by atoms with Crippen LogP contribution in [0, 0.1) is 5.92 Å². The molecule has 1 aromatic rings. The Hall–Kier alpha value is -1.83. The molecule has 0 aliphatic rings. The van der Waals surface area contributed by atoms with Gasteiger partial charge >= 0.3 is 5.97 Å². The third-order valence-corrected chi connectivity index (χ3v) is 3.32. The lowest BCUT2D eigenvalue weighted by Crippen LogP contribution is -2.44. The number of carboxylic acid groups (broad SMARTS) is 1. The van der Waals surface area contributed by atoms with E-state index in [-0.39, 0.29) is 23.2 Å². The van der Waals surface area contributed by atoms with Crippen molar-refractivity contribution >= 4 is 21.7 Å². The number of hydrogen-bond donors (Lipinski definition) is 2. The third kappa shape index (κ3) is 4.69. The molecule has 112 valence electrons. The maximum absolute atomic E-state index is 11.8. The van der Waals surface area contributed by atoms with E-state index in [4.69, 9.17) is 9.52 Å². The van der Waals surface area contributed by atoms with Crippen LogP contribution < -0.4 is 5.32 Å². The van der Waals surface area contributed by atoms with Crippen LogP contribution in [-0.2, 0) is 20.4 Å². The Morgan fingerprint density at radius 1 is 1.35 bits per heavy atom. The van der Waals surface area contributed by atoms with Gasteiger partial charge < -0.3 is 14.8 Å². The van der Waals surface area contributed by atoms with E-state index in [0.717, 1.165) is 6.26 Å². The number of carbonyl (C=O) groups is 2. The molecule has 0 bridgehead atoms. The average molecular weight is 303 g/mol. The summed E-state index contributed by atoms with van der Waals surface area (Å²) in [6.45, 7) is 3.33. The van der Waals surface area contributed by atoms with E-state index in [0.29, 0.717) is 0 Å². The van der Waals surface area contributed by atoms with Crippen molar-refractivity contribution in [1.29, 1.82) is 0 Å². The number of sulfone groups is 1. The lowest BCUT2D eigenvalue weighted by Gasteiger charge is -2.16. The molecular formula is C12H17NO6S. The fourth-order valence-electron chi connectivity index (χ4n) is 1.56. The molecule has 7 nitrogen and oxygen atoms in total. The fourth-order valence-corrected chi connectivity index (χ4v) is 2.23. The van der Waals surface area contributed by atoms with E-state index in [2.05, 4.69) is 5.32 Å². The number of carbonyl (C=O) groups excluding carboxylic acids is 1. The number of carboxylic acids is 1. The summed E-state index contributed by atoms with van der Waals surface area (Å²) in [6, 6.07) is 1.65. The fraction of sp³-hybridized carbons (Fsp3) is 0.500. The van der Waals surface area contributed by atoms with Crippen LogP contribution in [0.4, 0.5) is 0 Å². The quantitative estimate of drug-likeness (QED) is 0.798. The first-order valence-electron chi connectivity index (χ1n) is 5.90. The highest BCUT2D eigenvalue weighted by Gasteiger charge is 2.25. The van der Waals surface area contributed by atoms with Crippen molar-refractivity contribution < 1.29 is 27.5 Å². The zero-order chi connectivity index (χ0) is 15.5. The van der Waals surface area contributed by atoms with Gasteiger partial charge in [0.2, 0.25) is 0 Å². The normalized spacial score (nSPS) is 13.2. The number of furan rings is 1. The first-order chi connectivity index (χ1) is 9.10. The van der Waals surface area contributed by atoms with E-state index in [1.54, 1.807) is 13.8 Å². The highest BCUT2D eigenvalue weighted by molar-refractivity contribution is 7.89. The Morgan fingerprint density at radius 3 is 2.40 bits per heavy atom. The Labute approximate surface area is 116 Å². The summed E-state index contributed by atoms with van der Waals surface area (Å²) in [7, 11) is -3.26. The highest BCUT2D eigenvalue weighted by Crippen LogP contribution is 2.12. The molecule has 0 aliphatic carbocycles. The van der Waals surface area contributed by atoms with Crippen molar-refractivity contribution in [3.05, 3.63) is 23.7 Å². The minimum absolute atomic E-state index is 0.115. The zero-order valence-corrected chi connectivity index (χ0v) is 12.2. The zero-order valence-electron chi connectivity index (χ0n) is 11.4. The van der Waals surface area contributed by atoms with Crippen molar-refractivity contribution in [3.8, 4) is 0 Å². The van der Waals surface area contributed by atoms with E-state index >= 15 is 0 Å². The lowest BCUT2D eigenvalue weighted by atomic mass is 10.0. The number of nitrogens with one attached hydrogen (secondary N) is 1. The summed E-state index contributed by atoms with van der Waals surface area (Å²) in [5, 5.41) is 11.3. The summed E-state index contributed by atoms with van der Waals surface area (Å²) in [5.74, 6) is -2.42. The highest BCUT2D eigenvalue weighted by atomic mass is 32.2. The van der Waals surface area contributed by atoms with Gasteiger partial charge in [0.15, 0.2) is 15.6 Å². The number of rotatable bonds is 6. The minimum atomic E-state index is -3.26. The number of aliphatic carboxylic acids is 1. The van der Waals surface area contributed by atoms with Gasteiger partial charge in [0.1, 0.15) is 17.6 Å². The van der Waals surface area contributed by atoms with Gasteiger partial charge in [0, 0.05) is 6.26 Å². The molecule has 0 radical (unpaired) electrons. The second kappa shape index (κ2) is 6.08. The molecule has 1 amide bonds. The summed E-state index contributed by atoms with van der Waals surface area (Å²) < 4.78 is 27.3. The summed E-state index contributed by atoms with van der Waals surface area (Å²) >= 11 is 0. The maximum atomic E-state index is 11.8. The van der Waals surface area contributed by atoms with E-state index in [1.165, 1.54) is 12.1 Å². The van der Waals surface area contributed by atoms with Crippen LogP contribution >= 0.6 is 0 Å². The topological polar surface area (TPSA) is 114 Å². The summed E-state index contributed by atoms with van der Waals surface area (Å²) in [5.41, 5.74) is 0. The molecule has 0 aliphatic heterocycles. The van der Waals surface area contributed by atoms with Gasteiger partial charge in [-0.2, -0.15) is 0 Å². The van der Waals surface area contributed by atoms with Crippen molar-refractivity contribution in [2.24, 2.45) is 5.92 Å². The van der Waals surface area contributed by atoms with Gasteiger partial charge in [0.05, 0.1) is 0 Å². The summed E-state index contributed by atoms with van der Waals surface area (Å²) in [6.07, 6.45) is 1.05. The van der Waals surface area contributed by atoms with Gasteiger partial charge in [-0.3, -0.25) is 4.79 Å². The van der Waals surface area contributed by atoms with Crippen LogP contribution in [0.15, 0.2) is 16.5 Å². The van der Waals surface area contributed by atoms with Gasteiger partial charge in [-0.25, -0.2) is 13.2 Å². The van der Waals surface area contributed by atoms with Crippen LogP contribution in [0.1, 0.15) is 30.2 Å². The largest absolute Gasteiger partial charge is 0.480 e. The van der Waals surface area contributed by atoms with E-state index < -0.39 is 27.8 Å². The second-order valence-electron chi connectivity index (χ2n) is 4.87. The molecule has 0 saturated carbocycles. The first-order valence-corrected chi connectivity index (χ1v) is 7.96. The SMILES string of the molecule is CC(C)[C@H](NC(=O)c1ccc(CS(C)(=O)=O)o1)C(=O)O. The van der Waals surface area contributed by atoms with Crippen LogP contribution in [0.2, 0.25) is 0 Å². The van der Waals surface area contributed by atoms with Crippen LogP contribution in [0.5, 0.6) is 0 Å². The van der Waals surface area contributed by atoms with Crippen LogP contribution in [0.25, 0.3) is 0 Å². The standard InChI is InChI=1S/C12H17NO6S/c1-7(2)10(12(15)16)13-11(14)9-5-4-8(19-9)6-20(3,17)18/h4-5,7,10H,6H2,1-3H3,(H,13,14)(H,15,16)/t10-/m0/s1. The Balaban J connectivity index is 2.81. The molecule has 0 fully saturated rings. The van der Waals surface area contributed by atoms with E-state index in [9.17, 15) is 18.0 Å². The average Bonchev–Trinajstić information content (AvgIpc) is 2.70. The Bertz CT molecular complexity index is 601. The molecule has 0 aromatic carbocycles. The summed E-state index contributed by atoms with van der Waals surface area (Å²) in [4.78, 5) is 22.8. The van der Waals surface area contributed by atoms with Gasteiger partial charge in [-0.05, 0) is 18.1 Å². The minimum Gasteiger partial charge on any atom is -0.480 e. The molecule has 1 atom stereocenters. The maximum Gasteiger partial charge on any atom is 0.326 e. The molecule has 20 heavy (non-hydrogen) atoms.